The Morgan fingerprint density at radius 1 is 0.826 bits per heavy atom. The molecule has 0 fully saturated rings. The van der Waals surface area contributed by atoms with Gasteiger partial charge in [-0.3, -0.25) is 0 Å². The lowest BCUT2D eigenvalue weighted by Crippen LogP contribution is -2.68. The minimum atomic E-state index is -4.94. The van der Waals surface area contributed by atoms with E-state index in [-0.39, 0.29) is 0 Å². The molecule has 1 aromatic heterocycles. The SMILES string of the molecule is Cc1ccc2[o+]c(-c3ccccc3)cc(C)c2c1.[O-][Cl+3]([O-])([O-])[O-]. The molecule has 6 heteroatoms. The van der Waals surface area contributed by atoms with E-state index in [0.29, 0.717) is 0 Å². The molecule has 23 heavy (non-hydrogen) atoms. The number of hydrogen-bond donors (Lipinski definition) is 0. The standard InChI is InChI=1S/C17H15O.ClHO4/c1-12-8-9-16-15(10-12)13(2)11-17(18-16)14-6-4-3-5-7-14;2-1(3,4)5/h3-11H,1-2H3;(H,2,3,4,5)/q+1;/p-1. The molecule has 0 saturated carbocycles. The number of halogens is 1. The van der Waals surface area contributed by atoms with Crippen LogP contribution in [0.4, 0.5) is 0 Å². The monoisotopic (exact) mass is 334 g/mol. The quantitative estimate of drug-likeness (QED) is 0.593. The van der Waals surface area contributed by atoms with Crippen LogP contribution >= 0.6 is 0 Å². The van der Waals surface area contributed by atoms with Crippen LogP contribution in [0.25, 0.3) is 22.3 Å². The van der Waals surface area contributed by atoms with Crippen molar-refractivity contribution in [1.29, 1.82) is 0 Å². The average molecular weight is 335 g/mol. The van der Waals surface area contributed by atoms with Gasteiger partial charge in [0, 0.05) is 12.1 Å². The molecule has 2 aromatic carbocycles. The third kappa shape index (κ3) is 5.28. The molecule has 3 rings (SSSR count). The normalized spacial score (nSPS) is 11.0. The number of fused-ring (bicyclic) bond motifs is 1. The Hall–Kier alpha value is -2.02. The van der Waals surface area contributed by atoms with Gasteiger partial charge in [-0.15, -0.1) is 10.2 Å². The molecule has 0 N–H and O–H groups in total. The second-order valence-electron chi connectivity index (χ2n) is 5.04. The van der Waals surface area contributed by atoms with E-state index in [9.17, 15) is 0 Å². The molecule has 1 heterocycles. The van der Waals surface area contributed by atoms with Crippen LogP contribution in [-0.4, -0.2) is 0 Å². The molecule has 0 saturated heterocycles. The molecule has 120 valence electrons. The fourth-order valence-electron chi connectivity index (χ4n) is 2.21. The maximum absolute atomic E-state index is 8.49. The van der Waals surface area contributed by atoms with Gasteiger partial charge in [0.15, 0.2) is 0 Å². The van der Waals surface area contributed by atoms with Crippen molar-refractivity contribution in [3.8, 4) is 11.3 Å². The second-order valence-corrected chi connectivity index (χ2v) is 5.79. The van der Waals surface area contributed by atoms with Crippen LogP contribution in [0.2, 0.25) is 0 Å². The zero-order chi connectivity index (χ0) is 17.0. The van der Waals surface area contributed by atoms with E-state index in [4.69, 9.17) is 23.1 Å². The van der Waals surface area contributed by atoms with Crippen LogP contribution in [0.1, 0.15) is 11.1 Å². The molecular formula is C17H15ClO5. The molecular weight excluding hydrogens is 320 g/mol. The van der Waals surface area contributed by atoms with Gasteiger partial charge >= 0.3 is 11.3 Å². The molecule has 0 bridgehead atoms. The maximum Gasteiger partial charge on any atom is 0.361 e. The molecule has 0 aliphatic carbocycles. The summed E-state index contributed by atoms with van der Waals surface area (Å²) < 4.78 is 40.0. The van der Waals surface area contributed by atoms with E-state index in [1.54, 1.807) is 0 Å². The number of hydrogen-bond acceptors (Lipinski definition) is 4. The second kappa shape index (κ2) is 7.04. The van der Waals surface area contributed by atoms with E-state index >= 15 is 0 Å². The molecule has 0 aliphatic heterocycles. The molecule has 0 spiro atoms. The van der Waals surface area contributed by atoms with E-state index < -0.39 is 10.2 Å². The van der Waals surface area contributed by atoms with Crippen molar-refractivity contribution >= 4 is 11.0 Å². The summed E-state index contributed by atoms with van der Waals surface area (Å²) in [6.07, 6.45) is 0. The lowest BCUT2D eigenvalue weighted by molar-refractivity contribution is -2.00. The first-order chi connectivity index (χ1) is 10.7. The molecule has 0 unspecified atom stereocenters. The molecule has 0 atom stereocenters. The smallest absolute Gasteiger partial charge is 0.222 e. The zero-order valence-corrected chi connectivity index (χ0v) is 13.4. The third-order valence-electron chi connectivity index (χ3n) is 3.19. The molecule has 5 nitrogen and oxygen atoms in total. The Morgan fingerprint density at radius 3 is 2.04 bits per heavy atom. The van der Waals surface area contributed by atoms with Crippen LogP contribution in [0.5, 0.6) is 0 Å². The summed E-state index contributed by atoms with van der Waals surface area (Å²) in [7, 11) is -4.94. The summed E-state index contributed by atoms with van der Waals surface area (Å²) in [5.41, 5.74) is 4.56. The average Bonchev–Trinajstić information content (AvgIpc) is 2.47. The lowest BCUT2D eigenvalue weighted by atomic mass is 10.1. The number of aryl methyl sites for hydroxylation is 2. The Morgan fingerprint density at radius 2 is 1.43 bits per heavy atom. The summed E-state index contributed by atoms with van der Waals surface area (Å²) in [5.74, 6) is 0.921. The van der Waals surface area contributed by atoms with Crippen LogP contribution < -0.4 is 18.6 Å². The van der Waals surface area contributed by atoms with E-state index in [2.05, 4.69) is 44.2 Å². The van der Waals surface area contributed by atoms with Gasteiger partial charge in [-0.2, -0.15) is 0 Å². The van der Waals surface area contributed by atoms with Crippen LogP contribution in [0.15, 0.2) is 59.0 Å². The van der Waals surface area contributed by atoms with Gasteiger partial charge in [0.05, 0.1) is 10.9 Å². The van der Waals surface area contributed by atoms with E-state index in [1.165, 1.54) is 16.5 Å². The Balaban J connectivity index is 0.000000338. The molecule has 3 aromatic rings. The topological polar surface area (TPSA) is 104 Å². The van der Waals surface area contributed by atoms with Gasteiger partial charge in [0.25, 0.3) is 0 Å². The highest BCUT2D eigenvalue weighted by Gasteiger charge is 2.16. The molecule has 0 amide bonds. The Kier molecular flexibility index (Phi) is 5.30. The van der Waals surface area contributed by atoms with Gasteiger partial charge in [-0.05, 0) is 49.2 Å². The first kappa shape index (κ1) is 17.3. The number of benzene rings is 2. The summed E-state index contributed by atoms with van der Waals surface area (Å²) in [6, 6.07) is 18.6. The van der Waals surface area contributed by atoms with Crippen molar-refractivity contribution < 1.29 is 33.3 Å². The zero-order valence-electron chi connectivity index (χ0n) is 12.6. The highest BCUT2D eigenvalue weighted by Crippen LogP contribution is 2.27. The predicted octanol–water partition coefficient (Wildman–Crippen LogP) is 0.242. The van der Waals surface area contributed by atoms with Gasteiger partial charge < -0.3 is 0 Å². The van der Waals surface area contributed by atoms with Crippen molar-refractivity contribution in [2.45, 2.75) is 13.8 Å². The van der Waals surface area contributed by atoms with Crippen molar-refractivity contribution in [1.82, 2.24) is 0 Å². The minimum Gasteiger partial charge on any atom is -0.222 e. The van der Waals surface area contributed by atoms with Crippen molar-refractivity contribution in [2.75, 3.05) is 0 Å². The first-order valence-corrected chi connectivity index (χ1v) is 7.99. The first-order valence-electron chi connectivity index (χ1n) is 6.75. The molecule has 0 radical (unpaired) electrons. The largest absolute Gasteiger partial charge is 0.361 e. The Labute approximate surface area is 135 Å². The lowest BCUT2D eigenvalue weighted by Gasteiger charge is -2.17. The number of rotatable bonds is 1. The van der Waals surface area contributed by atoms with Gasteiger partial charge in [0.1, 0.15) is 0 Å². The van der Waals surface area contributed by atoms with Crippen molar-refractivity contribution in [3.63, 3.8) is 0 Å². The summed E-state index contributed by atoms with van der Waals surface area (Å²) in [4.78, 5) is 0. The third-order valence-corrected chi connectivity index (χ3v) is 3.19. The van der Waals surface area contributed by atoms with E-state index in [0.717, 1.165) is 16.9 Å². The van der Waals surface area contributed by atoms with Crippen LogP contribution in [0, 0.1) is 24.1 Å². The summed E-state index contributed by atoms with van der Waals surface area (Å²) in [6.45, 7) is 4.23. The van der Waals surface area contributed by atoms with Crippen LogP contribution in [0.3, 0.4) is 0 Å². The summed E-state index contributed by atoms with van der Waals surface area (Å²) in [5, 5.41) is 1.19. The predicted molar refractivity (Wildman–Crippen MR) is 75.5 cm³/mol. The van der Waals surface area contributed by atoms with Crippen LogP contribution in [-0.2, 0) is 0 Å². The van der Waals surface area contributed by atoms with Gasteiger partial charge in [0.2, 0.25) is 0 Å². The Bertz CT molecular complexity index is 791. The van der Waals surface area contributed by atoms with Crippen molar-refractivity contribution in [3.05, 3.63) is 65.7 Å². The van der Waals surface area contributed by atoms with E-state index in [1.807, 2.05) is 24.3 Å². The fourth-order valence-corrected chi connectivity index (χ4v) is 2.21. The maximum atomic E-state index is 8.49. The van der Waals surface area contributed by atoms with Gasteiger partial charge in [-0.25, -0.2) is 23.1 Å². The van der Waals surface area contributed by atoms with Crippen molar-refractivity contribution in [2.24, 2.45) is 0 Å². The summed E-state index contributed by atoms with van der Waals surface area (Å²) >= 11 is 0. The fraction of sp³-hybridized carbons (Fsp3) is 0.118. The van der Waals surface area contributed by atoms with Gasteiger partial charge in [-0.1, -0.05) is 18.2 Å². The molecule has 0 aliphatic rings. The minimum absolute atomic E-state index is 0.921. The highest BCUT2D eigenvalue weighted by atomic mass is 35.7. The highest BCUT2D eigenvalue weighted by molar-refractivity contribution is 5.83.